The Balaban J connectivity index is 2.17. The van der Waals surface area contributed by atoms with Crippen molar-refractivity contribution in [2.45, 2.75) is 32.7 Å². The van der Waals surface area contributed by atoms with Crippen LogP contribution in [0.25, 0.3) is 5.65 Å². The second-order valence-electron chi connectivity index (χ2n) is 5.61. The van der Waals surface area contributed by atoms with Gasteiger partial charge in [0.2, 0.25) is 11.6 Å². The predicted octanol–water partition coefficient (Wildman–Crippen LogP) is 1.63. The summed E-state index contributed by atoms with van der Waals surface area (Å²) in [4.78, 5) is 6.32. The van der Waals surface area contributed by atoms with E-state index in [2.05, 4.69) is 40.0 Å². The Morgan fingerprint density at radius 3 is 2.86 bits per heavy atom. The first-order valence-corrected chi connectivity index (χ1v) is 7.10. The number of nitriles is 1. The van der Waals surface area contributed by atoms with Crippen molar-refractivity contribution in [3.05, 3.63) is 11.9 Å². The summed E-state index contributed by atoms with van der Waals surface area (Å²) in [7, 11) is 1.54. The minimum atomic E-state index is 0.374. The van der Waals surface area contributed by atoms with E-state index in [1.807, 2.05) is 0 Å². The molecule has 7 nitrogen and oxygen atoms in total. The molecule has 21 heavy (non-hydrogen) atoms. The van der Waals surface area contributed by atoms with Crippen molar-refractivity contribution in [1.29, 1.82) is 5.26 Å². The summed E-state index contributed by atoms with van der Waals surface area (Å²) in [6, 6.07) is 2.53. The van der Waals surface area contributed by atoms with Gasteiger partial charge in [0.25, 0.3) is 5.88 Å². The molecular formula is C14H18N6O. The van der Waals surface area contributed by atoms with E-state index < -0.39 is 0 Å². The molecule has 0 amide bonds. The SMILES string of the molecule is COc1ncc(C#N)n2c(N3CC(C)CCC3C)nnc12. The average molecular weight is 286 g/mol. The number of nitrogens with zero attached hydrogens (tertiary/aromatic N) is 6. The predicted molar refractivity (Wildman–Crippen MR) is 77.3 cm³/mol. The first-order chi connectivity index (χ1) is 10.2. The number of rotatable bonds is 2. The Morgan fingerprint density at radius 2 is 2.14 bits per heavy atom. The van der Waals surface area contributed by atoms with E-state index >= 15 is 0 Å². The number of hydrogen-bond acceptors (Lipinski definition) is 6. The van der Waals surface area contributed by atoms with Gasteiger partial charge in [-0.25, -0.2) is 9.38 Å². The van der Waals surface area contributed by atoms with E-state index in [9.17, 15) is 5.26 Å². The maximum Gasteiger partial charge on any atom is 0.260 e. The molecule has 3 heterocycles. The van der Waals surface area contributed by atoms with E-state index in [1.54, 1.807) is 4.40 Å². The molecule has 1 aliphatic heterocycles. The van der Waals surface area contributed by atoms with Gasteiger partial charge in [-0.15, -0.1) is 10.2 Å². The van der Waals surface area contributed by atoms with E-state index in [0.29, 0.717) is 35.1 Å². The summed E-state index contributed by atoms with van der Waals surface area (Å²) >= 11 is 0. The molecule has 0 saturated carbocycles. The molecule has 7 heteroatoms. The number of piperidine rings is 1. The lowest BCUT2D eigenvalue weighted by molar-refractivity contribution is 0.384. The minimum Gasteiger partial charge on any atom is -0.478 e. The van der Waals surface area contributed by atoms with Gasteiger partial charge in [0.1, 0.15) is 11.8 Å². The fourth-order valence-corrected chi connectivity index (χ4v) is 2.85. The highest BCUT2D eigenvalue weighted by atomic mass is 16.5. The Kier molecular flexibility index (Phi) is 3.37. The molecule has 2 aromatic rings. The number of hydrogen-bond donors (Lipinski definition) is 0. The molecular weight excluding hydrogens is 268 g/mol. The Bertz CT molecular complexity index is 703. The third-order valence-corrected chi connectivity index (χ3v) is 4.06. The van der Waals surface area contributed by atoms with Gasteiger partial charge >= 0.3 is 0 Å². The molecule has 3 rings (SSSR count). The Morgan fingerprint density at radius 1 is 1.33 bits per heavy atom. The maximum atomic E-state index is 9.33. The third kappa shape index (κ3) is 2.17. The summed E-state index contributed by atoms with van der Waals surface area (Å²) in [6.45, 7) is 5.32. The summed E-state index contributed by atoms with van der Waals surface area (Å²) < 4.78 is 6.95. The van der Waals surface area contributed by atoms with Gasteiger partial charge in [-0.2, -0.15) is 5.26 Å². The van der Waals surface area contributed by atoms with Crippen molar-refractivity contribution in [2.24, 2.45) is 5.92 Å². The lowest BCUT2D eigenvalue weighted by atomic mass is 9.95. The van der Waals surface area contributed by atoms with Crippen molar-refractivity contribution in [1.82, 2.24) is 19.6 Å². The molecule has 1 fully saturated rings. The second-order valence-corrected chi connectivity index (χ2v) is 5.61. The standard InChI is InChI=1S/C14H18N6O/c1-9-4-5-10(2)19(8-9)14-18-17-12-13(21-3)16-7-11(6-15)20(12)14/h7,9-10H,4-5,8H2,1-3H3. The molecule has 2 unspecified atom stereocenters. The van der Waals surface area contributed by atoms with Crippen LogP contribution >= 0.6 is 0 Å². The Labute approximate surface area is 123 Å². The number of anilines is 1. The van der Waals surface area contributed by atoms with Crippen LogP contribution in [0, 0.1) is 17.2 Å². The van der Waals surface area contributed by atoms with E-state index in [4.69, 9.17) is 4.74 Å². The van der Waals surface area contributed by atoms with Crippen molar-refractivity contribution in [3.8, 4) is 11.9 Å². The monoisotopic (exact) mass is 286 g/mol. The zero-order valence-corrected chi connectivity index (χ0v) is 12.4. The van der Waals surface area contributed by atoms with Crippen LogP contribution in [0.15, 0.2) is 6.20 Å². The zero-order chi connectivity index (χ0) is 15.0. The highest BCUT2D eigenvalue weighted by molar-refractivity contribution is 5.57. The molecule has 1 saturated heterocycles. The van der Waals surface area contributed by atoms with Gasteiger partial charge in [0.05, 0.1) is 13.3 Å². The molecule has 0 spiro atoms. The molecule has 0 bridgehead atoms. The van der Waals surface area contributed by atoms with Crippen molar-refractivity contribution in [2.75, 3.05) is 18.6 Å². The fraction of sp³-hybridized carbons (Fsp3) is 0.571. The van der Waals surface area contributed by atoms with E-state index in [-0.39, 0.29) is 0 Å². The van der Waals surface area contributed by atoms with Crippen LogP contribution in [-0.4, -0.2) is 39.3 Å². The summed E-state index contributed by atoms with van der Waals surface area (Å²) in [5, 5.41) is 17.8. The van der Waals surface area contributed by atoms with Crippen LogP contribution in [0.5, 0.6) is 5.88 Å². The van der Waals surface area contributed by atoms with Gasteiger partial charge in [-0.05, 0) is 25.7 Å². The van der Waals surface area contributed by atoms with Crippen LogP contribution in [0.4, 0.5) is 5.95 Å². The van der Waals surface area contributed by atoms with Crippen molar-refractivity contribution >= 4 is 11.6 Å². The number of fused-ring (bicyclic) bond motifs is 1. The zero-order valence-electron chi connectivity index (χ0n) is 12.4. The van der Waals surface area contributed by atoms with E-state index in [1.165, 1.54) is 19.7 Å². The van der Waals surface area contributed by atoms with Gasteiger partial charge in [-0.1, -0.05) is 6.92 Å². The summed E-state index contributed by atoms with van der Waals surface area (Å²) in [5.41, 5.74) is 0.896. The number of ether oxygens (including phenoxy) is 1. The number of methoxy groups -OCH3 is 1. The highest BCUT2D eigenvalue weighted by Gasteiger charge is 2.28. The lowest BCUT2D eigenvalue weighted by Crippen LogP contribution is -2.42. The van der Waals surface area contributed by atoms with Gasteiger partial charge < -0.3 is 9.64 Å². The second kappa shape index (κ2) is 5.20. The molecule has 0 aliphatic carbocycles. The smallest absolute Gasteiger partial charge is 0.260 e. The van der Waals surface area contributed by atoms with Gasteiger partial charge in [0.15, 0.2) is 0 Å². The molecule has 110 valence electrons. The molecule has 0 N–H and O–H groups in total. The van der Waals surface area contributed by atoms with Crippen LogP contribution < -0.4 is 9.64 Å². The summed E-state index contributed by atoms with van der Waals surface area (Å²) in [6.07, 6.45) is 3.82. The molecule has 0 radical (unpaired) electrons. The average Bonchev–Trinajstić information content (AvgIpc) is 2.93. The largest absolute Gasteiger partial charge is 0.478 e. The van der Waals surface area contributed by atoms with Crippen molar-refractivity contribution < 1.29 is 4.74 Å². The molecule has 2 aromatic heterocycles. The first kappa shape index (κ1) is 13.6. The summed E-state index contributed by atoms with van der Waals surface area (Å²) in [5.74, 6) is 1.68. The van der Waals surface area contributed by atoms with E-state index in [0.717, 1.165) is 13.0 Å². The Hall–Kier alpha value is -2.36. The van der Waals surface area contributed by atoms with Crippen LogP contribution in [0.1, 0.15) is 32.4 Å². The van der Waals surface area contributed by atoms with Crippen LogP contribution in [0.3, 0.4) is 0 Å². The minimum absolute atomic E-state index is 0.374. The first-order valence-electron chi connectivity index (χ1n) is 7.10. The molecule has 1 aliphatic rings. The number of aromatic nitrogens is 4. The van der Waals surface area contributed by atoms with Gasteiger partial charge in [0, 0.05) is 12.6 Å². The lowest BCUT2D eigenvalue weighted by Gasteiger charge is -2.36. The molecule has 2 atom stereocenters. The van der Waals surface area contributed by atoms with Crippen LogP contribution in [0.2, 0.25) is 0 Å². The fourth-order valence-electron chi connectivity index (χ4n) is 2.85. The normalized spacial score (nSPS) is 22.3. The third-order valence-electron chi connectivity index (χ3n) is 4.06. The topological polar surface area (TPSA) is 79.3 Å². The maximum absolute atomic E-state index is 9.33. The van der Waals surface area contributed by atoms with Crippen molar-refractivity contribution in [3.63, 3.8) is 0 Å². The molecule has 0 aromatic carbocycles. The van der Waals surface area contributed by atoms with Crippen LogP contribution in [-0.2, 0) is 0 Å². The highest BCUT2D eigenvalue weighted by Crippen LogP contribution is 2.28. The van der Waals surface area contributed by atoms with Gasteiger partial charge in [-0.3, -0.25) is 0 Å². The quantitative estimate of drug-likeness (QED) is 0.834.